The van der Waals surface area contributed by atoms with Crippen LogP contribution in [0.2, 0.25) is 0 Å². The van der Waals surface area contributed by atoms with Crippen LogP contribution in [-0.4, -0.2) is 63.6 Å². The zero-order valence-electron chi connectivity index (χ0n) is 16.7. The molecule has 3 atom stereocenters. The number of nitrogens with two attached hydrogens (primary N) is 1. The van der Waals surface area contributed by atoms with E-state index < -0.39 is 29.6 Å². The molecule has 0 aromatic heterocycles. The molecule has 0 spiro atoms. The van der Waals surface area contributed by atoms with Crippen LogP contribution in [-0.2, 0) is 19.8 Å². The minimum absolute atomic E-state index is 0.180. The smallest absolute Gasteiger partial charge is 0.335 e. The second kappa shape index (κ2) is 10.7. The average molecular weight is 430 g/mol. The molecule has 2 aromatic rings. The Morgan fingerprint density at radius 3 is 1.58 bits per heavy atom. The van der Waals surface area contributed by atoms with Gasteiger partial charge in [-0.3, -0.25) is 4.79 Å². The van der Waals surface area contributed by atoms with E-state index in [-0.39, 0.29) is 11.8 Å². The summed E-state index contributed by atoms with van der Waals surface area (Å²) in [5, 5.41) is 35.9. The van der Waals surface area contributed by atoms with E-state index in [1.165, 1.54) is 0 Å². The number of carboxylic acid groups (broad SMARTS) is 2. The van der Waals surface area contributed by atoms with E-state index >= 15 is 0 Å². The summed E-state index contributed by atoms with van der Waals surface area (Å²) < 4.78 is 0. The van der Waals surface area contributed by atoms with Gasteiger partial charge in [-0.05, 0) is 36.6 Å². The zero-order chi connectivity index (χ0) is 23.0. The van der Waals surface area contributed by atoms with E-state index in [9.17, 15) is 14.4 Å². The Morgan fingerprint density at radius 1 is 0.871 bits per heavy atom. The van der Waals surface area contributed by atoms with Crippen molar-refractivity contribution in [3.05, 3.63) is 71.8 Å². The summed E-state index contributed by atoms with van der Waals surface area (Å²) in [7, 11) is 0. The Labute approximate surface area is 179 Å². The Morgan fingerprint density at radius 2 is 1.29 bits per heavy atom. The van der Waals surface area contributed by atoms with Crippen molar-refractivity contribution in [2.45, 2.75) is 24.0 Å². The average Bonchev–Trinajstić information content (AvgIpc) is 3.30. The molecule has 9 nitrogen and oxygen atoms in total. The number of aliphatic hydroxyl groups is 2. The Hall–Kier alpha value is -3.27. The number of amides is 1. The maximum absolute atomic E-state index is 12.6. The number of benzene rings is 2. The number of carbonyl (C=O) groups excluding carboxylic acids is 1. The van der Waals surface area contributed by atoms with Crippen molar-refractivity contribution in [2.75, 3.05) is 13.1 Å². The van der Waals surface area contributed by atoms with Crippen LogP contribution in [0.15, 0.2) is 60.7 Å². The number of aliphatic hydroxyl groups excluding tert-OH is 2. The summed E-state index contributed by atoms with van der Waals surface area (Å²) in [6.07, 6.45) is -3.58. The second-order valence-electron chi connectivity index (χ2n) is 7.16. The lowest BCUT2D eigenvalue weighted by molar-refractivity contribution is -0.165. The fourth-order valence-electron chi connectivity index (χ4n) is 3.82. The molecule has 1 fully saturated rings. The summed E-state index contributed by atoms with van der Waals surface area (Å²) in [6.45, 7) is 1.74. The van der Waals surface area contributed by atoms with Gasteiger partial charge < -0.3 is 31.5 Å². The zero-order valence-corrected chi connectivity index (χ0v) is 16.7. The fraction of sp³-hybridized carbons (Fsp3) is 0.318. The highest BCUT2D eigenvalue weighted by Gasteiger charge is 2.48. The summed E-state index contributed by atoms with van der Waals surface area (Å²) in [6, 6.07) is 19.9. The molecular formula is C22H26N2O7. The standard InChI is InChI=1S/C18H20N2O.C4H6O6/c19-17(21)18(16-11-12-20-13-16,14-7-3-1-4-8-14)15-9-5-2-6-10-15;5-1(3(7)8)2(6)4(9)10/h1-10,16,20H,11-13H2,(H2,19,21);1-2,5-6H,(H,7,8)(H,9,10). The van der Waals surface area contributed by atoms with Crippen LogP contribution >= 0.6 is 0 Å². The van der Waals surface area contributed by atoms with Gasteiger partial charge in [0.2, 0.25) is 5.91 Å². The number of carbonyl (C=O) groups is 3. The maximum Gasteiger partial charge on any atom is 0.335 e. The normalized spacial score (nSPS) is 17.7. The fourth-order valence-corrected chi connectivity index (χ4v) is 3.82. The van der Waals surface area contributed by atoms with Crippen LogP contribution in [0.1, 0.15) is 17.5 Å². The van der Waals surface area contributed by atoms with Gasteiger partial charge in [0.05, 0.1) is 0 Å². The van der Waals surface area contributed by atoms with Crippen molar-refractivity contribution >= 4 is 17.8 Å². The van der Waals surface area contributed by atoms with E-state index in [1.54, 1.807) is 0 Å². The lowest BCUT2D eigenvalue weighted by atomic mass is 9.65. The van der Waals surface area contributed by atoms with Gasteiger partial charge in [0, 0.05) is 0 Å². The third kappa shape index (κ3) is 5.26. The van der Waals surface area contributed by atoms with Gasteiger partial charge in [0.15, 0.2) is 12.2 Å². The quantitative estimate of drug-likeness (QED) is 0.355. The molecule has 2 aromatic carbocycles. The Kier molecular flexibility index (Phi) is 8.26. The maximum atomic E-state index is 12.6. The number of hydrogen-bond acceptors (Lipinski definition) is 6. The molecule has 31 heavy (non-hydrogen) atoms. The largest absolute Gasteiger partial charge is 0.479 e. The molecule has 1 aliphatic rings. The first-order valence-corrected chi connectivity index (χ1v) is 9.66. The van der Waals surface area contributed by atoms with Crippen LogP contribution < -0.4 is 11.1 Å². The summed E-state index contributed by atoms with van der Waals surface area (Å²) in [5.74, 6) is -3.63. The predicted octanol–water partition coefficient (Wildman–Crippen LogP) is -0.0551. The first-order chi connectivity index (χ1) is 14.7. The monoisotopic (exact) mass is 430 g/mol. The van der Waals surface area contributed by atoms with E-state index in [0.717, 1.165) is 30.6 Å². The number of nitrogens with one attached hydrogen (secondary N) is 1. The lowest BCUT2D eigenvalue weighted by Crippen LogP contribution is -2.49. The molecule has 0 aliphatic carbocycles. The van der Waals surface area contributed by atoms with E-state index in [2.05, 4.69) is 5.32 Å². The summed E-state index contributed by atoms with van der Waals surface area (Å²) in [4.78, 5) is 32.1. The third-order valence-electron chi connectivity index (χ3n) is 5.32. The van der Waals surface area contributed by atoms with Crippen LogP contribution in [0.25, 0.3) is 0 Å². The van der Waals surface area contributed by atoms with Crippen LogP contribution in [0.5, 0.6) is 0 Å². The number of primary amides is 1. The highest BCUT2D eigenvalue weighted by atomic mass is 16.4. The minimum Gasteiger partial charge on any atom is -0.479 e. The molecule has 1 saturated heterocycles. The molecule has 1 heterocycles. The third-order valence-corrected chi connectivity index (χ3v) is 5.32. The van der Waals surface area contributed by atoms with Crippen molar-refractivity contribution in [1.29, 1.82) is 0 Å². The summed E-state index contributed by atoms with van der Waals surface area (Å²) >= 11 is 0. The highest BCUT2D eigenvalue weighted by molar-refractivity contribution is 5.91. The van der Waals surface area contributed by atoms with Gasteiger partial charge in [0.1, 0.15) is 5.41 Å². The molecule has 166 valence electrons. The topological polar surface area (TPSA) is 170 Å². The van der Waals surface area contributed by atoms with Gasteiger partial charge in [0.25, 0.3) is 0 Å². The molecule has 3 rings (SSSR count). The predicted molar refractivity (Wildman–Crippen MR) is 111 cm³/mol. The van der Waals surface area contributed by atoms with Crippen molar-refractivity contribution in [3.8, 4) is 0 Å². The minimum atomic E-state index is -2.27. The van der Waals surface area contributed by atoms with Crippen molar-refractivity contribution in [2.24, 2.45) is 11.7 Å². The molecule has 1 amide bonds. The number of carboxylic acids is 2. The summed E-state index contributed by atoms with van der Waals surface area (Å²) in [5.41, 5.74) is 7.16. The molecular weight excluding hydrogens is 404 g/mol. The Balaban J connectivity index is 0.000000291. The molecule has 0 radical (unpaired) electrons. The Bertz CT molecular complexity index is 826. The van der Waals surface area contributed by atoms with Gasteiger partial charge in [-0.2, -0.15) is 0 Å². The highest BCUT2D eigenvalue weighted by Crippen LogP contribution is 2.41. The lowest BCUT2D eigenvalue weighted by Gasteiger charge is -2.37. The van der Waals surface area contributed by atoms with E-state index in [4.69, 9.17) is 26.2 Å². The van der Waals surface area contributed by atoms with Gasteiger partial charge >= 0.3 is 11.9 Å². The van der Waals surface area contributed by atoms with Crippen molar-refractivity contribution in [3.63, 3.8) is 0 Å². The van der Waals surface area contributed by atoms with Crippen molar-refractivity contribution < 1.29 is 34.8 Å². The number of rotatable bonds is 7. The first kappa shape index (κ1) is 24.0. The number of aliphatic carboxylic acids is 2. The van der Waals surface area contributed by atoms with Gasteiger partial charge in [-0.15, -0.1) is 0 Å². The number of hydrogen-bond donors (Lipinski definition) is 6. The molecule has 0 bridgehead atoms. The molecule has 1 aliphatic heterocycles. The molecule has 0 saturated carbocycles. The van der Waals surface area contributed by atoms with Gasteiger partial charge in [-0.25, -0.2) is 9.59 Å². The van der Waals surface area contributed by atoms with Crippen LogP contribution in [0, 0.1) is 5.92 Å². The SMILES string of the molecule is NC(=O)C(c1ccccc1)(c1ccccc1)C1CCNC1.O=C(O)C(O)C(O)C(=O)O. The van der Waals surface area contributed by atoms with Crippen molar-refractivity contribution in [1.82, 2.24) is 5.32 Å². The first-order valence-electron chi connectivity index (χ1n) is 9.66. The molecule has 3 unspecified atom stereocenters. The van der Waals surface area contributed by atoms with Gasteiger partial charge in [-0.1, -0.05) is 60.7 Å². The molecule has 9 heteroatoms. The second-order valence-corrected chi connectivity index (χ2v) is 7.16. The molecule has 7 N–H and O–H groups in total. The van der Waals surface area contributed by atoms with Crippen LogP contribution in [0.4, 0.5) is 0 Å². The van der Waals surface area contributed by atoms with E-state index in [0.29, 0.717) is 0 Å². The van der Waals surface area contributed by atoms with Crippen LogP contribution in [0.3, 0.4) is 0 Å². The van der Waals surface area contributed by atoms with E-state index in [1.807, 2.05) is 60.7 Å².